The van der Waals surface area contributed by atoms with Crippen LogP contribution in [0.2, 0.25) is 0 Å². The molecule has 4 nitrogen and oxygen atoms in total. The zero-order chi connectivity index (χ0) is 14.7. The summed E-state index contributed by atoms with van der Waals surface area (Å²) in [5.74, 6) is -0.846. The lowest BCUT2D eigenvalue weighted by Crippen LogP contribution is -2.48. The molecule has 1 heterocycles. The van der Waals surface area contributed by atoms with Gasteiger partial charge in [-0.05, 0) is 19.9 Å². The molecule has 7 heteroatoms. The standard InChI is InChI=1S/C12H15F3N2O2/c1-11(2,19-3)10(18)17-9(12(13,14)15)8-5-4-6-16-7-8/h4-7,9H,1-3H3,(H,17,18)/t9-/m1/s1. The summed E-state index contributed by atoms with van der Waals surface area (Å²) in [5.41, 5.74) is -1.47. The number of nitrogens with one attached hydrogen (secondary N) is 1. The van der Waals surface area contributed by atoms with Crippen LogP contribution in [0.15, 0.2) is 24.5 Å². The average molecular weight is 276 g/mol. The van der Waals surface area contributed by atoms with E-state index in [0.29, 0.717) is 0 Å². The molecule has 0 fully saturated rings. The minimum absolute atomic E-state index is 0.129. The number of aromatic nitrogens is 1. The number of rotatable bonds is 4. The molecule has 0 spiro atoms. The van der Waals surface area contributed by atoms with Gasteiger partial charge >= 0.3 is 6.18 Å². The highest BCUT2D eigenvalue weighted by Gasteiger charge is 2.44. The molecule has 0 radical (unpaired) electrons. The minimum atomic E-state index is -4.61. The molecule has 1 rings (SSSR count). The van der Waals surface area contributed by atoms with E-state index in [0.717, 1.165) is 6.20 Å². The molecule has 0 aliphatic carbocycles. The van der Waals surface area contributed by atoms with E-state index in [1.807, 2.05) is 5.32 Å². The van der Waals surface area contributed by atoms with Gasteiger partial charge in [-0.3, -0.25) is 9.78 Å². The average Bonchev–Trinajstić information content (AvgIpc) is 2.35. The number of halogens is 3. The third-order valence-corrected chi connectivity index (χ3v) is 2.68. The molecule has 0 aliphatic rings. The maximum atomic E-state index is 13.0. The largest absolute Gasteiger partial charge is 0.412 e. The van der Waals surface area contributed by atoms with Crippen molar-refractivity contribution >= 4 is 5.91 Å². The summed E-state index contributed by atoms with van der Waals surface area (Å²) in [5, 5.41) is 1.94. The van der Waals surface area contributed by atoms with Crippen LogP contribution < -0.4 is 5.32 Å². The Labute approximate surface area is 109 Å². The normalized spacial score (nSPS) is 14.0. The van der Waals surface area contributed by atoms with E-state index in [1.54, 1.807) is 0 Å². The van der Waals surface area contributed by atoms with Crippen LogP contribution in [0.5, 0.6) is 0 Å². The Morgan fingerprint density at radius 1 is 1.42 bits per heavy atom. The van der Waals surface area contributed by atoms with Gasteiger partial charge in [0.05, 0.1) is 0 Å². The Morgan fingerprint density at radius 3 is 2.47 bits per heavy atom. The molecule has 1 aromatic heterocycles. The second kappa shape index (κ2) is 5.56. The van der Waals surface area contributed by atoms with Crippen molar-refractivity contribution in [1.82, 2.24) is 10.3 Å². The van der Waals surface area contributed by atoms with Crippen LogP contribution in [-0.4, -0.2) is 29.8 Å². The highest BCUT2D eigenvalue weighted by atomic mass is 19.4. The van der Waals surface area contributed by atoms with Crippen molar-refractivity contribution in [2.45, 2.75) is 31.7 Å². The van der Waals surface area contributed by atoms with E-state index < -0.39 is 23.7 Å². The van der Waals surface area contributed by atoms with Crippen molar-refractivity contribution in [3.8, 4) is 0 Å². The van der Waals surface area contributed by atoms with E-state index in [-0.39, 0.29) is 5.56 Å². The molecule has 1 N–H and O–H groups in total. The summed E-state index contributed by atoms with van der Waals surface area (Å²) in [6, 6.07) is 0.524. The number of carbonyl (C=O) groups excluding carboxylic acids is 1. The summed E-state index contributed by atoms with van der Waals surface area (Å²) in [7, 11) is 1.26. The maximum Gasteiger partial charge on any atom is 0.412 e. The highest BCUT2D eigenvalue weighted by Crippen LogP contribution is 2.32. The smallest absolute Gasteiger partial charge is 0.369 e. The van der Waals surface area contributed by atoms with Gasteiger partial charge in [0.15, 0.2) is 6.04 Å². The van der Waals surface area contributed by atoms with E-state index in [9.17, 15) is 18.0 Å². The molecule has 1 atom stereocenters. The van der Waals surface area contributed by atoms with Crippen molar-refractivity contribution in [1.29, 1.82) is 0 Å². The van der Waals surface area contributed by atoms with Crippen LogP contribution in [0.1, 0.15) is 25.5 Å². The summed E-state index contributed by atoms with van der Waals surface area (Å²) in [6.07, 6.45) is -2.18. The first-order valence-electron chi connectivity index (χ1n) is 5.51. The van der Waals surface area contributed by atoms with E-state index >= 15 is 0 Å². The second-order valence-corrected chi connectivity index (χ2v) is 4.45. The fraction of sp³-hybridized carbons (Fsp3) is 0.500. The van der Waals surface area contributed by atoms with Crippen molar-refractivity contribution in [3.63, 3.8) is 0 Å². The fourth-order valence-corrected chi connectivity index (χ4v) is 1.30. The lowest BCUT2D eigenvalue weighted by atomic mass is 10.1. The minimum Gasteiger partial charge on any atom is -0.369 e. The Bertz CT molecular complexity index is 432. The third kappa shape index (κ3) is 3.92. The van der Waals surface area contributed by atoms with Crippen LogP contribution in [0.3, 0.4) is 0 Å². The number of hydrogen-bond acceptors (Lipinski definition) is 3. The molecule has 0 aliphatic heterocycles. The van der Waals surface area contributed by atoms with E-state index in [2.05, 4.69) is 4.98 Å². The first-order chi connectivity index (χ1) is 8.68. The van der Waals surface area contributed by atoms with Crippen LogP contribution in [0.25, 0.3) is 0 Å². The molecule has 19 heavy (non-hydrogen) atoms. The summed E-state index contributed by atoms with van der Waals surface area (Å²) < 4.78 is 43.8. The summed E-state index contributed by atoms with van der Waals surface area (Å²) >= 11 is 0. The van der Waals surface area contributed by atoms with Crippen molar-refractivity contribution in [2.75, 3.05) is 7.11 Å². The number of methoxy groups -OCH3 is 1. The number of nitrogens with zero attached hydrogens (tertiary/aromatic N) is 1. The van der Waals surface area contributed by atoms with Gasteiger partial charge in [-0.25, -0.2) is 0 Å². The number of pyridine rings is 1. The van der Waals surface area contributed by atoms with Crippen LogP contribution in [0, 0.1) is 0 Å². The molecular formula is C12H15F3N2O2. The van der Waals surface area contributed by atoms with Crippen LogP contribution >= 0.6 is 0 Å². The monoisotopic (exact) mass is 276 g/mol. The predicted molar refractivity (Wildman–Crippen MR) is 62.3 cm³/mol. The predicted octanol–water partition coefficient (Wildman–Crippen LogP) is 2.23. The number of carbonyl (C=O) groups is 1. The SMILES string of the molecule is COC(C)(C)C(=O)N[C@H](c1cccnc1)C(F)(F)F. The zero-order valence-corrected chi connectivity index (χ0v) is 10.8. The van der Waals surface area contributed by atoms with Crippen molar-refractivity contribution in [2.24, 2.45) is 0 Å². The molecule has 0 saturated carbocycles. The summed E-state index contributed by atoms with van der Waals surface area (Å²) in [4.78, 5) is 15.4. The third-order valence-electron chi connectivity index (χ3n) is 2.68. The van der Waals surface area contributed by atoms with E-state index in [4.69, 9.17) is 4.74 Å². The van der Waals surface area contributed by atoms with Gasteiger partial charge in [0, 0.05) is 25.1 Å². The molecule has 0 saturated heterocycles. The van der Waals surface area contributed by atoms with Crippen LogP contribution in [-0.2, 0) is 9.53 Å². The van der Waals surface area contributed by atoms with Crippen molar-refractivity contribution < 1.29 is 22.7 Å². The number of hydrogen-bond donors (Lipinski definition) is 1. The van der Waals surface area contributed by atoms with Gasteiger partial charge in [-0.2, -0.15) is 13.2 Å². The Balaban J connectivity index is 2.99. The first kappa shape index (κ1) is 15.4. The molecule has 0 aromatic carbocycles. The Hall–Kier alpha value is -1.63. The molecule has 1 amide bonds. The molecule has 1 aromatic rings. The second-order valence-electron chi connectivity index (χ2n) is 4.45. The quantitative estimate of drug-likeness (QED) is 0.917. The molecule has 106 valence electrons. The summed E-state index contributed by atoms with van der Waals surface area (Å²) in [6.45, 7) is 2.78. The van der Waals surface area contributed by atoms with Gasteiger partial charge < -0.3 is 10.1 Å². The lowest BCUT2D eigenvalue weighted by Gasteiger charge is -2.27. The number of amides is 1. The van der Waals surface area contributed by atoms with Gasteiger partial charge in [0.25, 0.3) is 5.91 Å². The van der Waals surface area contributed by atoms with Gasteiger partial charge in [-0.1, -0.05) is 6.07 Å². The molecule has 0 bridgehead atoms. The van der Waals surface area contributed by atoms with E-state index in [1.165, 1.54) is 39.3 Å². The Morgan fingerprint density at radius 2 is 2.05 bits per heavy atom. The lowest BCUT2D eigenvalue weighted by molar-refractivity contribution is -0.169. The van der Waals surface area contributed by atoms with Gasteiger partial charge in [-0.15, -0.1) is 0 Å². The number of ether oxygens (including phenoxy) is 1. The topological polar surface area (TPSA) is 51.2 Å². The fourth-order valence-electron chi connectivity index (χ4n) is 1.30. The highest BCUT2D eigenvalue weighted by molar-refractivity contribution is 5.84. The van der Waals surface area contributed by atoms with Gasteiger partial charge in [0.1, 0.15) is 5.60 Å². The zero-order valence-electron chi connectivity index (χ0n) is 10.8. The van der Waals surface area contributed by atoms with Crippen LogP contribution in [0.4, 0.5) is 13.2 Å². The molecular weight excluding hydrogens is 261 g/mol. The first-order valence-corrected chi connectivity index (χ1v) is 5.51. The maximum absolute atomic E-state index is 13.0. The Kier molecular flexibility index (Phi) is 4.52. The molecule has 0 unspecified atom stereocenters. The number of alkyl halides is 3. The van der Waals surface area contributed by atoms with Crippen molar-refractivity contribution in [3.05, 3.63) is 30.1 Å². The van der Waals surface area contributed by atoms with Gasteiger partial charge in [0.2, 0.25) is 0 Å².